The Morgan fingerprint density at radius 3 is 2.88 bits per heavy atom. The van der Waals surface area contributed by atoms with Gasteiger partial charge in [0, 0.05) is 17.6 Å². The fraction of sp³-hybridized carbons (Fsp3) is 0.500. The summed E-state index contributed by atoms with van der Waals surface area (Å²) in [6.07, 6.45) is 3.84. The molecular formula is C14H17ClN2. The molecule has 2 unspecified atom stereocenters. The summed E-state index contributed by atoms with van der Waals surface area (Å²) < 4.78 is 0. The molecule has 0 saturated heterocycles. The van der Waals surface area contributed by atoms with Gasteiger partial charge in [-0.25, -0.2) is 0 Å². The van der Waals surface area contributed by atoms with Crippen molar-refractivity contribution in [3.8, 4) is 6.07 Å². The summed E-state index contributed by atoms with van der Waals surface area (Å²) in [4.78, 5) is 0. The molecule has 1 saturated carbocycles. The second-order valence-corrected chi connectivity index (χ2v) is 5.32. The van der Waals surface area contributed by atoms with E-state index < -0.39 is 0 Å². The predicted octanol–water partition coefficient (Wildman–Crippen LogP) is 3.49. The number of halogens is 1. The molecule has 0 radical (unpaired) electrons. The molecule has 3 heteroatoms. The molecule has 2 atom stereocenters. The van der Waals surface area contributed by atoms with Crippen molar-refractivity contribution in [2.75, 3.05) is 0 Å². The van der Waals surface area contributed by atoms with Gasteiger partial charge in [-0.05, 0) is 42.9 Å². The molecule has 0 heterocycles. The largest absolute Gasteiger partial charge is 0.310 e. The van der Waals surface area contributed by atoms with Crippen LogP contribution < -0.4 is 5.32 Å². The van der Waals surface area contributed by atoms with E-state index in [0.29, 0.717) is 16.6 Å². The third kappa shape index (κ3) is 3.21. The fourth-order valence-electron chi connectivity index (χ4n) is 2.41. The van der Waals surface area contributed by atoms with Crippen molar-refractivity contribution in [3.05, 3.63) is 34.3 Å². The molecule has 1 N–H and O–H groups in total. The summed E-state index contributed by atoms with van der Waals surface area (Å²) in [5.41, 5.74) is 1.69. The first-order valence-corrected chi connectivity index (χ1v) is 6.48. The average molecular weight is 249 g/mol. The van der Waals surface area contributed by atoms with Crippen molar-refractivity contribution in [2.24, 2.45) is 5.92 Å². The average Bonchev–Trinajstić information content (AvgIpc) is 2.73. The smallest absolute Gasteiger partial charge is 0.0992 e. The Kier molecular flexibility index (Phi) is 4.04. The van der Waals surface area contributed by atoms with Gasteiger partial charge in [0.2, 0.25) is 0 Å². The van der Waals surface area contributed by atoms with Gasteiger partial charge in [-0.3, -0.25) is 0 Å². The lowest BCUT2D eigenvalue weighted by molar-refractivity contribution is 0.502. The van der Waals surface area contributed by atoms with Crippen LogP contribution in [-0.4, -0.2) is 6.04 Å². The number of nitrogens with zero attached hydrogens (tertiary/aromatic N) is 1. The summed E-state index contributed by atoms with van der Waals surface area (Å²) in [6.45, 7) is 3.10. The maximum absolute atomic E-state index is 8.76. The van der Waals surface area contributed by atoms with Crippen molar-refractivity contribution in [2.45, 2.75) is 38.8 Å². The van der Waals surface area contributed by atoms with Crippen molar-refractivity contribution < 1.29 is 0 Å². The van der Waals surface area contributed by atoms with Crippen LogP contribution in [0.2, 0.25) is 5.02 Å². The minimum absolute atomic E-state index is 0.619. The third-order valence-electron chi connectivity index (χ3n) is 3.46. The third-order valence-corrected chi connectivity index (χ3v) is 3.81. The summed E-state index contributed by atoms with van der Waals surface area (Å²) in [5, 5.41) is 13.0. The number of benzene rings is 1. The molecule has 1 aromatic rings. The summed E-state index contributed by atoms with van der Waals surface area (Å²) in [5.74, 6) is 0.837. The lowest BCUT2D eigenvalue weighted by Gasteiger charge is -2.13. The van der Waals surface area contributed by atoms with Crippen LogP contribution in [0.15, 0.2) is 18.2 Å². The molecule has 17 heavy (non-hydrogen) atoms. The van der Waals surface area contributed by atoms with Crippen LogP contribution in [0.1, 0.15) is 37.3 Å². The molecule has 1 aromatic carbocycles. The Labute approximate surface area is 108 Å². The van der Waals surface area contributed by atoms with Crippen LogP contribution in [0.5, 0.6) is 0 Å². The second kappa shape index (κ2) is 5.53. The van der Waals surface area contributed by atoms with Crippen LogP contribution in [0.4, 0.5) is 0 Å². The Morgan fingerprint density at radius 2 is 2.29 bits per heavy atom. The van der Waals surface area contributed by atoms with Crippen molar-refractivity contribution in [1.82, 2.24) is 5.32 Å². The van der Waals surface area contributed by atoms with Gasteiger partial charge in [0.15, 0.2) is 0 Å². The molecule has 1 aliphatic rings. The van der Waals surface area contributed by atoms with Gasteiger partial charge in [-0.15, -0.1) is 0 Å². The highest BCUT2D eigenvalue weighted by atomic mass is 35.5. The zero-order valence-corrected chi connectivity index (χ0v) is 10.8. The lowest BCUT2D eigenvalue weighted by atomic mass is 10.1. The van der Waals surface area contributed by atoms with Crippen LogP contribution in [-0.2, 0) is 6.54 Å². The first-order chi connectivity index (χ1) is 8.19. The van der Waals surface area contributed by atoms with Crippen LogP contribution in [0, 0.1) is 17.2 Å². The zero-order chi connectivity index (χ0) is 12.3. The molecule has 1 aliphatic carbocycles. The fourth-order valence-corrected chi connectivity index (χ4v) is 2.65. The van der Waals surface area contributed by atoms with E-state index in [9.17, 15) is 0 Å². The first-order valence-electron chi connectivity index (χ1n) is 6.11. The molecular weight excluding hydrogens is 232 g/mol. The molecule has 0 aromatic heterocycles. The Bertz CT molecular complexity index is 436. The number of hydrogen-bond acceptors (Lipinski definition) is 2. The van der Waals surface area contributed by atoms with Crippen LogP contribution >= 0.6 is 11.6 Å². The highest BCUT2D eigenvalue weighted by molar-refractivity contribution is 6.31. The van der Waals surface area contributed by atoms with Crippen LogP contribution in [0.3, 0.4) is 0 Å². The van der Waals surface area contributed by atoms with E-state index in [1.807, 2.05) is 12.1 Å². The first kappa shape index (κ1) is 12.4. The van der Waals surface area contributed by atoms with Crippen LogP contribution in [0.25, 0.3) is 0 Å². The van der Waals surface area contributed by atoms with Gasteiger partial charge in [-0.2, -0.15) is 5.26 Å². The maximum atomic E-state index is 8.76. The van der Waals surface area contributed by atoms with Gasteiger partial charge >= 0.3 is 0 Å². The number of rotatable bonds is 3. The topological polar surface area (TPSA) is 35.8 Å². The van der Waals surface area contributed by atoms with Gasteiger partial charge < -0.3 is 5.32 Å². The number of nitrogens with one attached hydrogen (secondary N) is 1. The van der Waals surface area contributed by atoms with E-state index in [2.05, 4.69) is 18.3 Å². The molecule has 90 valence electrons. The van der Waals surface area contributed by atoms with Crippen molar-refractivity contribution >= 4 is 11.6 Å². The normalized spacial score (nSPS) is 23.6. The minimum Gasteiger partial charge on any atom is -0.310 e. The molecule has 0 aliphatic heterocycles. The quantitative estimate of drug-likeness (QED) is 0.889. The predicted molar refractivity (Wildman–Crippen MR) is 69.8 cm³/mol. The Morgan fingerprint density at radius 1 is 1.47 bits per heavy atom. The Hall–Kier alpha value is -1.04. The van der Waals surface area contributed by atoms with E-state index in [-0.39, 0.29) is 0 Å². The van der Waals surface area contributed by atoms with E-state index in [0.717, 1.165) is 18.0 Å². The number of hydrogen-bond donors (Lipinski definition) is 1. The van der Waals surface area contributed by atoms with Gasteiger partial charge in [0.1, 0.15) is 0 Å². The molecule has 0 bridgehead atoms. The minimum atomic E-state index is 0.619. The van der Waals surface area contributed by atoms with Gasteiger partial charge in [0.05, 0.1) is 11.6 Å². The SMILES string of the molecule is CC1CCC(NCc2ccc(C#N)cc2Cl)C1. The second-order valence-electron chi connectivity index (χ2n) is 4.91. The van der Waals surface area contributed by atoms with E-state index >= 15 is 0 Å². The molecule has 2 rings (SSSR count). The van der Waals surface area contributed by atoms with Crippen molar-refractivity contribution in [1.29, 1.82) is 5.26 Å². The Balaban J connectivity index is 1.93. The molecule has 2 nitrogen and oxygen atoms in total. The standard InChI is InChI=1S/C14H17ClN2/c1-10-2-5-13(6-10)17-9-12-4-3-11(8-16)7-14(12)15/h3-4,7,10,13,17H,2,5-6,9H2,1H3. The monoisotopic (exact) mass is 248 g/mol. The highest BCUT2D eigenvalue weighted by Gasteiger charge is 2.20. The molecule has 0 amide bonds. The van der Waals surface area contributed by atoms with E-state index in [1.54, 1.807) is 6.07 Å². The summed E-state index contributed by atoms with van der Waals surface area (Å²) in [6, 6.07) is 8.20. The maximum Gasteiger partial charge on any atom is 0.0992 e. The molecule has 1 fully saturated rings. The number of nitriles is 1. The zero-order valence-electron chi connectivity index (χ0n) is 10.0. The molecule has 0 spiro atoms. The van der Waals surface area contributed by atoms with Gasteiger partial charge in [0.25, 0.3) is 0 Å². The van der Waals surface area contributed by atoms with Gasteiger partial charge in [-0.1, -0.05) is 24.6 Å². The lowest BCUT2D eigenvalue weighted by Crippen LogP contribution is -2.25. The highest BCUT2D eigenvalue weighted by Crippen LogP contribution is 2.25. The van der Waals surface area contributed by atoms with Crippen molar-refractivity contribution in [3.63, 3.8) is 0 Å². The summed E-state index contributed by atoms with van der Waals surface area (Å²) in [7, 11) is 0. The summed E-state index contributed by atoms with van der Waals surface area (Å²) >= 11 is 6.13. The van der Waals surface area contributed by atoms with E-state index in [4.69, 9.17) is 16.9 Å². The van der Waals surface area contributed by atoms with E-state index in [1.165, 1.54) is 19.3 Å².